The van der Waals surface area contributed by atoms with E-state index in [9.17, 15) is 14.0 Å². The Morgan fingerprint density at radius 3 is 2.41 bits per heavy atom. The highest BCUT2D eigenvalue weighted by Gasteiger charge is 2.21. The van der Waals surface area contributed by atoms with Crippen LogP contribution in [0.4, 0.5) is 10.1 Å². The monoisotopic (exact) mass is 474 g/mol. The number of anilines is 1. The zero-order valence-corrected chi connectivity index (χ0v) is 20.7. The molecule has 3 N–H and O–H groups in total. The van der Waals surface area contributed by atoms with E-state index in [-0.39, 0.29) is 43.9 Å². The number of nitrogen functional groups attached to an aromatic ring is 1. The topological polar surface area (TPSA) is 92.9 Å². The summed E-state index contributed by atoms with van der Waals surface area (Å²) in [5.74, 6) is -0.0468. The first-order valence-electron chi connectivity index (χ1n) is 11.5. The Morgan fingerprint density at radius 1 is 1.28 bits per heavy atom. The Hall–Kier alpha value is -1.86. The fourth-order valence-corrected chi connectivity index (χ4v) is 3.48. The number of ether oxygens (including phenoxy) is 1. The molecule has 0 spiro atoms. The van der Waals surface area contributed by atoms with Crippen LogP contribution in [-0.4, -0.2) is 54.9 Å². The van der Waals surface area contributed by atoms with Crippen molar-refractivity contribution in [2.45, 2.75) is 71.9 Å². The molecule has 1 unspecified atom stereocenters. The number of carbonyl (C=O) groups is 2. The Labute approximate surface area is 197 Å². The van der Waals surface area contributed by atoms with Gasteiger partial charge in [-0.2, -0.15) is 0 Å². The van der Waals surface area contributed by atoms with Gasteiger partial charge in [0.1, 0.15) is 6.17 Å². The molecule has 1 amide bonds. The minimum atomic E-state index is -1.08. The quantitative estimate of drug-likeness (QED) is 0.417. The lowest BCUT2D eigenvalue weighted by Gasteiger charge is -2.23. The molecule has 6 nitrogen and oxygen atoms in total. The predicted molar refractivity (Wildman–Crippen MR) is 128 cm³/mol. The van der Waals surface area contributed by atoms with Gasteiger partial charge in [-0.1, -0.05) is 57.7 Å². The van der Waals surface area contributed by atoms with Crippen molar-refractivity contribution in [3.8, 4) is 0 Å². The van der Waals surface area contributed by atoms with Gasteiger partial charge in [0.05, 0.1) is 43.3 Å². The van der Waals surface area contributed by atoms with Crippen LogP contribution in [-0.2, 0) is 20.7 Å². The maximum Gasteiger partial charge on any atom is 0.308 e. The van der Waals surface area contributed by atoms with Crippen LogP contribution in [0.2, 0.25) is 5.02 Å². The molecule has 2 rings (SSSR count). The zero-order valence-electron chi connectivity index (χ0n) is 19.9. The van der Waals surface area contributed by atoms with E-state index in [0.29, 0.717) is 22.7 Å². The van der Waals surface area contributed by atoms with Gasteiger partial charge in [0.2, 0.25) is 5.91 Å². The Bertz CT molecular complexity index is 669. The first kappa shape index (κ1) is 30.1. The average Bonchev–Trinajstić information content (AvgIpc) is 2.82. The molecule has 184 valence electrons. The number of aliphatic hydroxyl groups excluding tert-OH is 1. The van der Waals surface area contributed by atoms with Gasteiger partial charge >= 0.3 is 5.97 Å². The van der Waals surface area contributed by atoms with Gasteiger partial charge in [0, 0.05) is 6.54 Å². The van der Waals surface area contributed by atoms with Gasteiger partial charge in [-0.05, 0) is 37.0 Å². The fourth-order valence-electron chi connectivity index (χ4n) is 3.28. The van der Waals surface area contributed by atoms with E-state index < -0.39 is 6.17 Å². The third kappa shape index (κ3) is 11.7. The molecule has 8 heteroatoms. The number of esters is 1. The van der Waals surface area contributed by atoms with Crippen molar-refractivity contribution in [2.75, 3.05) is 32.5 Å². The maximum atomic E-state index is 13.4. The zero-order chi connectivity index (χ0) is 24.5. The molecule has 0 radical (unpaired) electrons. The van der Waals surface area contributed by atoms with Crippen molar-refractivity contribution in [1.82, 2.24) is 4.90 Å². The van der Waals surface area contributed by atoms with E-state index in [2.05, 4.69) is 4.74 Å². The fraction of sp³-hybridized carbons (Fsp3) is 0.667. The SMILES string of the molecule is CC.CCC(F)CN(CCO)C(=O)Cc1ccc(N)c(Cl)c1.COC(=O)C1CCCCC1. The molecular formula is C24H40ClFN2O4. The maximum absolute atomic E-state index is 13.4. The molecule has 1 fully saturated rings. The third-order valence-corrected chi connectivity index (χ3v) is 5.47. The van der Waals surface area contributed by atoms with E-state index in [1.54, 1.807) is 25.1 Å². The molecule has 1 aliphatic carbocycles. The van der Waals surface area contributed by atoms with E-state index in [1.807, 2.05) is 13.8 Å². The second-order valence-corrected chi connectivity index (χ2v) is 7.87. The van der Waals surface area contributed by atoms with E-state index >= 15 is 0 Å². The number of alkyl halides is 1. The number of nitrogens with two attached hydrogens (primary N) is 1. The Morgan fingerprint density at radius 2 is 1.91 bits per heavy atom. The lowest BCUT2D eigenvalue weighted by atomic mass is 9.89. The summed E-state index contributed by atoms with van der Waals surface area (Å²) < 4.78 is 18.1. The van der Waals surface area contributed by atoms with Crippen LogP contribution < -0.4 is 5.73 Å². The molecule has 0 bridgehead atoms. The van der Waals surface area contributed by atoms with Gasteiger partial charge in [-0.25, -0.2) is 4.39 Å². The molecule has 0 heterocycles. The van der Waals surface area contributed by atoms with Crippen LogP contribution in [0.5, 0.6) is 0 Å². The third-order valence-electron chi connectivity index (χ3n) is 5.14. The van der Waals surface area contributed by atoms with Crippen LogP contribution in [0.1, 0.15) is 64.9 Å². The Kier molecular flexibility index (Phi) is 16.6. The molecule has 1 saturated carbocycles. The summed E-state index contributed by atoms with van der Waals surface area (Å²) >= 11 is 5.89. The summed E-state index contributed by atoms with van der Waals surface area (Å²) in [6.07, 6.45) is 5.10. The minimum absolute atomic E-state index is 0.00139. The summed E-state index contributed by atoms with van der Waals surface area (Å²) in [4.78, 5) is 24.4. The summed E-state index contributed by atoms with van der Waals surface area (Å²) in [5, 5.41) is 9.35. The molecule has 32 heavy (non-hydrogen) atoms. The van der Waals surface area contributed by atoms with Crippen molar-refractivity contribution in [1.29, 1.82) is 0 Å². The van der Waals surface area contributed by atoms with E-state index in [0.717, 1.165) is 12.8 Å². The molecule has 1 aromatic rings. The number of hydrogen-bond donors (Lipinski definition) is 2. The van der Waals surface area contributed by atoms with E-state index in [4.69, 9.17) is 22.4 Å². The normalized spacial score (nSPS) is 14.2. The minimum Gasteiger partial charge on any atom is -0.469 e. The van der Waals surface area contributed by atoms with Crippen molar-refractivity contribution < 1.29 is 23.8 Å². The molecule has 1 aliphatic rings. The van der Waals surface area contributed by atoms with Crippen LogP contribution in [0.25, 0.3) is 0 Å². The van der Waals surface area contributed by atoms with Gasteiger partial charge < -0.3 is 20.5 Å². The van der Waals surface area contributed by atoms with Crippen LogP contribution in [0, 0.1) is 5.92 Å². The van der Waals surface area contributed by atoms with Crippen LogP contribution >= 0.6 is 11.6 Å². The van der Waals surface area contributed by atoms with Crippen molar-refractivity contribution >= 4 is 29.2 Å². The highest BCUT2D eigenvalue weighted by Crippen LogP contribution is 2.24. The molecular weight excluding hydrogens is 435 g/mol. The summed E-state index contributed by atoms with van der Waals surface area (Å²) in [7, 11) is 1.47. The second kappa shape index (κ2) is 17.7. The lowest BCUT2D eigenvalue weighted by molar-refractivity contribution is -0.146. The number of carbonyl (C=O) groups excluding carboxylic acids is 2. The first-order valence-corrected chi connectivity index (χ1v) is 11.8. The number of halogens is 2. The summed E-state index contributed by atoms with van der Waals surface area (Å²) in [5.41, 5.74) is 6.76. The van der Waals surface area contributed by atoms with Gasteiger partial charge in [-0.15, -0.1) is 0 Å². The number of nitrogens with zero attached hydrogens (tertiary/aromatic N) is 1. The predicted octanol–water partition coefficient (Wildman–Crippen LogP) is 4.80. The standard InChI is InChI=1S/C14H20ClFN2O2.C8H14O2.C2H6/c1-2-11(16)9-18(5-6-19)14(20)8-10-3-4-13(17)12(15)7-10;1-10-8(9)7-5-3-2-4-6-7;1-2/h3-4,7,11,19H,2,5-6,8-9,17H2,1H3;7H,2-6H2,1H3;1-2H3. The molecule has 0 aliphatic heterocycles. The number of aliphatic hydroxyl groups is 1. The summed E-state index contributed by atoms with van der Waals surface area (Å²) in [6.45, 7) is 5.65. The molecule has 0 aromatic heterocycles. The summed E-state index contributed by atoms with van der Waals surface area (Å²) in [6, 6.07) is 4.97. The van der Waals surface area contributed by atoms with E-state index in [1.165, 1.54) is 31.3 Å². The number of amides is 1. The van der Waals surface area contributed by atoms with Crippen molar-refractivity contribution in [3.05, 3.63) is 28.8 Å². The van der Waals surface area contributed by atoms with Gasteiger partial charge in [0.15, 0.2) is 0 Å². The van der Waals surface area contributed by atoms with Crippen LogP contribution in [0.15, 0.2) is 18.2 Å². The number of rotatable bonds is 8. The Balaban J connectivity index is 0.000000668. The largest absolute Gasteiger partial charge is 0.469 e. The lowest BCUT2D eigenvalue weighted by Crippen LogP contribution is -2.39. The highest BCUT2D eigenvalue weighted by atomic mass is 35.5. The van der Waals surface area contributed by atoms with Crippen molar-refractivity contribution in [3.63, 3.8) is 0 Å². The van der Waals surface area contributed by atoms with Gasteiger partial charge in [0.25, 0.3) is 0 Å². The first-order chi connectivity index (χ1) is 15.3. The number of hydrogen-bond acceptors (Lipinski definition) is 5. The second-order valence-electron chi connectivity index (χ2n) is 7.46. The van der Waals surface area contributed by atoms with Gasteiger partial charge in [-0.3, -0.25) is 9.59 Å². The molecule has 1 aromatic carbocycles. The van der Waals surface area contributed by atoms with Crippen LogP contribution in [0.3, 0.4) is 0 Å². The van der Waals surface area contributed by atoms with Crippen molar-refractivity contribution in [2.24, 2.45) is 5.92 Å². The molecule has 1 atom stereocenters. The number of methoxy groups -OCH3 is 1. The molecule has 0 saturated heterocycles. The smallest absolute Gasteiger partial charge is 0.308 e. The number of benzene rings is 1. The highest BCUT2D eigenvalue weighted by molar-refractivity contribution is 6.33. The average molecular weight is 475 g/mol.